The van der Waals surface area contributed by atoms with Gasteiger partial charge in [-0.3, -0.25) is 9.59 Å². The van der Waals surface area contributed by atoms with Crippen LogP contribution in [0.15, 0.2) is 24.3 Å². The smallest absolute Gasteiger partial charge is 0.305 e. The topological polar surface area (TPSA) is 101 Å². The van der Waals surface area contributed by atoms with Gasteiger partial charge in [0.25, 0.3) is 0 Å². The molecule has 22 heavy (non-hydrogen) atoms. The highest BCUT2D eigenvalue weighted by Gasteiger charge is 2.13. The zero-order valence-corrected chi connectivity index (χ0v) is 12.4. The number of carboxylic acids is 1. The number of aromatic nitrogens is 4. The van der Waals surface area contributed by atoms with Crippen molar-refractivity contribution in [2.45, 2.75) is 19.9 Å². The molecule has 0 spiro atoms. The van der Waals surface area contributed by atoms with Crippen molar-refractivity contribution in [3.8, 4) is 11.4 Å². The minimum absolute atomic E-state index is 0.0744. The summed E-state index contributed by atoms with van der Waals surface area (Å²) in [6.07, 6.45) is -0.0956. The molecule has 1 heterocycles. The highest BCUT2D eigenvalue weighted by atomic mass is 16.4. The maximum atomic E-state index is 11.9. The molecule has 0 aliphatic rings. The van der Waals surface area contributed by atoms with Gasteiger partial charge in [0.2, 0.25) is 11.7 Å². The van der Waals surface area contributed by atoms with Gasteiger partial charge in [-0.25, -0.2) is 0 Å². The van der Waals surface area contributed by atoms with Crippen LogP contribution in [0.3, 0.4) is 0 Å². The molecule has 0 saturated heterocycles. The normalized spacial score (nSPS) is 10.5. The first kappa shape index (κ1) is 15.6. The number of amides is 1. The molecule has 2 rings (SSSR count). The Labute approximate surface area is 127 Å². The quantitative estimate of drug-likeness (QED) is 0.837. The Morgan fingerprint density at radius 1 is 1.27 bits per heavy atom. The van der Waals surface area contributed by atoms with Crippen molar-refractivity contribution >= 4 is 11.9 Å². The molecule has 0 bridgehead atoms. The molecular weight excluding hydrogens is 286 g/mol. The fourth-order valence-corrected chi connectivity index (χ4v) is 1.76. The lowest BCUT2D eigenvalue weighted by Crippen LogP contribution is -2.32. The summed E-state index contributed by atoms with van der Waals surface area (Å²) < 4.78 is 0. The predicted molar refractivity (Wildman–Crippen MR) is 77.9 cm³/mol. The minimum atomic E-state index is -0.944. The van der Waals surface area contributed by atoms with E-state index in [-0.39, 0.29) is 25.4 Å². The lowest BCUT2D eigenvalue weighted by atomic mass is 10.1. The molecule has 1 N–H and O–H groups in total. The van der Waals surface area contributed by atoms with Crippen molar-refractivity contribution in [3.63, 3.8) is 0 Å². The van der Waals surface area contributed by atoms with Gasteiger partial charge in [0.05, 0.1) is 6.42 Å². The molecule has 2 aromatic rings. The summed E-state index contributed by atoms with van der Waals surface area (Å²) in [6.45, 7) is 2.06. The number of likely N-dealkylation sites (N-methyl/N-ethyl adjacent to an activating group) is 1. The van der Waals surface area contributed by atoms with E-state index in [0.29, 0.717) is 5.82 Å². The molecule has 0 saturated carbocycles. The fourth-order valence-electron chi connectivity index (χ4n) is 1.76. The van der Waals surface area contributed by atoms with Crippen LogP contribution in [-0.2, 0) is 16.1 Å². The second kappa shape index (κ2) is 6.79. The average Bonchev–Trinajstić information content (AvgIpc) is 2.93. The third-order valence-corrected chi connectivity index (χ3v) is 3.13. The maximum Gasteiger partial charge on any atom is 0.305 e. The predicted octanol–water partition coefficient (Wildman–Crippen LogP) is 0.582. The van der Waals surface area contributed by atoms with Crippen LogP contribution in [0.4, 0.5) is 0 Å². The lowest BCUT2D eigenvalue weighted by molar-refractivity contribution is -0.138. The van der Waals surface area contributed by atoms with E-state index in [1.165, 1.54) is 9.70 Å². The maximum absolute atomic E-state index is 11.9. The summed E-state index contributed by atoms with van der Waals surface area (Å²) in [7, 11) is 1.54. The van der Waals surface area contributed by atoms with Gasteiger partial charge in [0.15, 0.2) is 0 Å². The molecule has 116 valence electrons. The second-order valence-electron chi connectivity index (χ2n) is 4.97. The van der Waals surface area contributed by atoms with Gasteiger partial charge in [-0.05, 0) is 12.1 Å². The van der Waals surface area contributed by atoms with E-state index in [2.05, 4.69) is 15.4 Å². The summed E-state index contributed by atoms with van der Waals surface area (Å²) in [5.74, 6) is -0.768. The summed E-state index contributed by atoms with van der Waals surface area (Å²) in [5.41, 5.74) is 1.95. The molecule has 0 fully saturated rings. The van der Waals surface area contributed by atoms with Crippen molar-refractivity contribution in [2.75, 3.05) is 13.6 Å². The van der Waals surface area contributed by atoms with E-state index in [9.17, 15) is 9.59 Å². The Hall–Kier alpha value is -2.77. The van der Waals surface area contributed by atoms with Crippen LogP contribution in [0.1, 0.15) is 12.0 Å². The molecular formula is C14H17N5O3. The van der Waals surface area contributed by atoms with Gasteiger partial charge in [-0.2, -0.15) is 4.80 Å². The molecule has 0 unspecified atom stereocenters. The van der Waals surface area contributed by atoms with Gasteiger partial charge < -0.3 is 10.0 Å². The molecule has 1 aromatic carbocycles. The van der Waals surface area contributed by atoms with Crippen molar-refractivity contribution in [3.05, 3.63) is 29.8 Å². The van der Waals surface area contributed by atoms with E-state index in [1.54, 1.807) is 7.05 Å². The number of nitrogens with zero attached hydrogens (tertiary/aromatic N) is 5. The van der Waals surface area contributed by atoms with Crippen LogP contribution >= 0.6 is 0 Å². The minimum Gasteiger partial charge on any atom is -0.481 e. The first-order valence-electron chi connectivity index (χ1n) is 6.76. The zero-order valence-electron chi connectivity index (χ0n) is 12.4. The monoisotopic (exact) mass is 303 g/mol. The number of carbonyl (C=O) groups is 2. The summed E-state index contributed by atoms with van der Waals surface area (Å²) in [6, 6.07) is 7.66. The van der Waals surface area contributed by atoms with Gasteiger partial charge in [0, 0.05) is 19.2 Å². The number of tetrazole rings is 1. The molecule has 0 aliphatic carbocycles. The molecule has 0 aliphatic heterocycles. The third kappa shape index (κ3) is 4.11. The highest BCUT2D eigenvalue weighted by molar-refractivity contribution is 5.76. The number of rotatable bonds is 6. The number of aryl methyl sites for hydroxylation is 1. The van der Waals surface area contributed by atoms with Gasteiger partial charge in [-0.15, -0.1) is 10.2 Å². The number of aliphatic carboxylic acids is 1. The third-order valence-electron chi connectivity index (χ3n) is 3.13. The molecule has 0 atom stereocenters. The Kier molecular flexibility index (Phi) is 4.82. The number of hydrogen-bond acceptors (Lipinski definition) is 5. The SMILES string of the molecule is Cc1ccc(-c2nnn(CC(=O)N(C)CCC(=O)O)n2)cc1. The highest BCUT2D eigenvalue weighted by Crippen LogP contribution is 2.13. The lowest BCUT2D eigenvalue weighted by Gasteiger charge is -2.14. The Morgan fingerprint density at radius 3 is 2.59 bits per heavy atom. The van der Waals surface area contributed by atoms with Crippen LogP contribution in [0.25, 0.3) is 11.4 Å². The standard InChI is InChI=1S/C14H17N5O3/c1-10-3-5-11(6-4-10)14-15-17-19(16-14)9-12(20)18(2)8-7-13(21)22/h3-6H,7-9H2,1-2H3,(H,21,22). The van der Waals surface area contributed by atoms with E-state index < -0.39 is 5.97 Å². The first-order chi connectivity index (χ1) is 10.5. The number of carboxylic acid groups (broad SMARTS) is 1. The van der Waals surface area contributed by atoms with Crippen molar-refractivity contribution < 1.29 is 14.7 Å². The Morgan fingerprint density at radius 2 is 1.95 bits per heavy atom. The van der Waals surface area contributed by atoms with Crippen molar-refractivity contribution in [1.29, 1.82) is 0 Å². The van der Waals surface area contributed by atoms with E-state index in [1.807, 2.05) is 31.2 Å². The Bertz CT molecular complexity index is 665. The van der Waals surface area contributed by atoms with Crippen LogP contribution in [0.2, 0.25) is 0 Å². The largest absolute Gasteiger partial charge is 0.481 e. The Balaban J connectivity index is 1.98. The summed E-state index contributed by atoms with van der Waals surface area (Å²) in [4.78, 5) is 25.0. The van der Waals surface area contributed by atoms with Gasteiger partial charge >= 0.3 is 5.97 Å². The molecule has 8 heteroatoms. The van der Waals surface area contributed by atoms with Crippen LogP contribution in [-0.4, -0.2) is 55.7 Å². The molecule has 1 amide bonds. The van der Waals surface area contributed by atoms with Crippen molar-refractivity contribution in [2.24, 2.45) is 0 Å². The van der Waals surface area contributed by atoms with Gasteiger partial charge in [0.1, 0.15) is 6.54 Å². The zero-order chi connectivity index (χ0) is 16.1. The van der Waals surface area contributed by atoms with Gasteiger partial charge in [-0.1, -0.05) is 29.8 Å². The van der Waals surface area contributed by atoms with Crippen molar-refractivity contribution in [1.82, 2.24) is 25.1 Å². The van der Waals surface area contributed by atoms with Crippen LogP contribution in [0, 0.1) is 6.92 Å². The molecule has 8 nitrogen and oxygen atoms in total. The van der Waals surface area contributed by atoms with Crippen LogP contribution in [0.5, 0.6) is 0 Å². The molecule has 1 aromatic heterocycles. The second-order valence-corrected chi connectivity index (χ2v) is 4.97. The average molecular weight is 303 g/mol. The molecule has 0 radical (unpaired) electrons. The van der Waals surface area contributed by atoms with E-state index in [4.69, 9.17) is 5.11 Å². The summed E-state index contributed by atoms with van der Waals surface area (Å²) >= 11 is 0. The van der Waals surface area contributed by atoms with Crippen LogP contribution < -0.4 is 0 Å². The van der Waals surface area contributed by atoms with E-state index >= 15 is 0 Å². The fraction of sp³-hybridized carbons (Fsp3) is 0.357. The first-order valence-corrected chi connectivity index (χ1v) is 6.76. The number of carbonyl (C=O) groups excluding carboxylic acids is 1. The summed E-state index contributed by atoms with van der Waals surface area (Å²) in [5, 5.41) is 20.5. The number of benzene rings is 1. The number of hydrogen-bond donors (Lipinski definition) is 1. The van der Waals surface area contributed by atoms with E-state index in [0.717, 1.165) is 11.1 Å².